The van der Waals surface area contributed by atoms with Crippen molar-refractivity contribution in [1.29, 1.82) is 0 Å². The van der Waals surface area contributed by atoms with E-state index in [0.717, 1.165) is 37.0 Å². The average Bonchev–Trinajstić information content (AvgIpc) is 2.34. The van der Waals surface area contributed by atoms with Crippen molar-refractivity contribution in [3.8, 4) is 0 Å². The maximum Gasteiger partial charge on any atom is 0.128 e. The van der Waals surface area contributed by atoms with Crippen LogP contribution in [0.4, 0.5) is 4.39 Å². The lowest BCUT2D eigenvalue weighted by molar-refractivity contribution is -0.00907. The van der Waals surface area contributed by atoms with Crippen molar-refractivity contribution in [3.05, 3.63) is 34.6 Å². The van der Waals surface area contributed by atoms with Crippen molar-refractivity contribution in [2.24, 2.45) is 5.84 Å². The molecule has 0 saturated carbocycles. The van der Waals surface area contributed by atoms with Crippen LogP contribution in [0, 0.1) is 19.7 Å². The van der Waals surface area contributed by atoms with E-state index in [9.17, 15) is 4.39 Å². The molecule has 2 atom stereocenters. The summed E-state index contributed by atoms with van der Waals surface area (Å²) in [4.78, 5) is 0. The van der Waals surface area contributed by atoms with Gasteiger partial charge in [-0.1, -0.05) is 6.07 Å². The summed E-state index contributed by atoms with van der Waals surface area (Å²) in [6.45, 7) is 4.54. The second kappa shape index (κ2) is 5.78. The first kappa shape index (κ1) is 13.5. The number of aryl methyl sites for hydroxylation is 2. The topological polar surface area (TPSA) is 47.3 Å². The van der Waals surface area contributed by atoms with Gasteiger partial charge in [-0.3, -0.25) is 11.3 Å². The number of ether oxygens (including phenoxy) is 1. The first-order chi connectivity index (χ1) is 8.63. The normalized spacial score (nSPS) is 21.9. The highest BCUT2D eigenvalue weighted by Gasteiger charge is 2.28. The number of hydrogen-bond acceptors (Lipinski definition) is 3. The van der Waals surface area contributed by atoms with E-state index in [1.54, 1.807) is 6.07 Å². The second-order valence-corrected chi connectivity index (χ2v) is 5.03. The standard InChI is InChI=1S/C14H21FN2O/c1-9-7-10(2)13(11(15)8-9)14(17-16)12-5-3-4-6-18-12/h7-8,12,14,17H,3-6,16H2,1-2H3. The minimum Gasteiger partial charge on any atom is -0.376 e. The van der Waals surface area contributed by atoms with E-state index in [1.807, 2.05) is 19.9 Å². The van der Waals surface area contributed by atoms with Crippen LogP contribution < -0.4 is 11.3 Å². The molecular weight excluding hydrogens is 231 g/mol. The molecule has 0 amide bonds. The van der Waals surface area contributed by atoms with Crippen LogP contribution in [-0.2, 0) is 4.74 Å². The second-order valence-electron chi connectivity index (χ2n) is 5.03. The molecule has 0 aromatic heterocycles. The van der Waals surface area contributed by atoms with E-state index in [1.165, 1.54) is 0 Å². The Morgan fingerprint density at radius 1 is 1.39 bits per heavy atom. The maximum absolute atomic E-state index is 14.2. The summed E-state index contributed by atoms with van der Waals surface area (Å²) >= 11 is 0. The molecule has 3 N–H and O–H groups in total. The van der Waals surface area contributed by atoms with E-state index in [-0.39, 0.29) is 18.0 Å². The maximum atomic E-state index is 14.2. The molecule has 1 aromatic carbocycles. The van der Waals surface area contributed by atoms with Crippen LogP contribution in [0.5, 0.6) is 0 Å². The Kier molecular flexibility index (Phi) is 4.32. The summed E-state index contributed by atoms with van der Waals surface area (Å²) in [5, 5.41) is 0. The Morgan fingerprint density at radius 3 is 2.72 bits per heavy atom. The number of hydrogen-bond donors (Lipinski definition) is 2. The van der Waals surface area contributed by atoms with E-state index < -0.39 is 0 Å². The van der Waals surface area contributed by atoms with Gasteiger partial charge in [-0.25, -0.2) is 4.39 Å². The predicted octanol–water partition coefficient (Wildman–Crippen LogP) is 2.52. The van der Waals surface area contributed by atoms with Gasteiger partial charge in [-0.05, 0) is 50.3 Å². The highest BCUT2D eigenvalue weighted by molar-refractivity contribution is 5.35. The Labute approximate surface area is 107 Å². The molecule has 1 heterocycles. The summed E-state index contributed by atoms with van der Waals surface area (Å²) in [6.07, 6.45) is 3.06. The summed E-state index contributed by atoms with van der Waals surface area (Å²) < 4.78 is 19.9. The molecule has 1 aromatic rings. The van der Waals surface area contributed by atoms with Crippen LogP contribution in [0.15, 0.2) is 12.1 Å². The Hall–Kier alpha value is -0.970. The van der Waals surface area contributed by atoms with Gasteiger partial charge in [-0.2, -0.15) is 0 Å². The molecule has 0 bridgehead atoms. The Balaban J connectivity index is 2.32. The molecule has 0 spiro atoms. The SMILES string of the molecule is Cc1cc(C)c(C(NN)C2CCCCO2)c(F)c1. The lowest BCUT2D eigenvalue weighted by Crippen LogP contribution is -2.40. The van der Waals surface area contributed by atoms with Gasteiger partial charge in [0.15, 0.2) is 0 Å². The number of benzene rings is 1. The Bertz CT molecular complexity index is 393. The third kappa shape index (κ3) is 2.71. The number of halogens is 1. The number of rotatable bonds is 3. The lowest BCUT2D eigenvalue weighted by atomic mass is 9.92. The summed E-state index contributed by atoms with van der Waals surface area (Å²) in [5.41, 5.74) is 5.20. The highest BCUT2D eigenvalue weighted by atomic mass is 19.1. The van der Waals surface area contributed by atoms with Gasteiger partial charge in [-0.15, -0.1) is 0 Å². The van der Waals surface area contributed by atoms with Gasteiger partial charge in [0.1, 0.15) is 5.82 Å². The molecule has 2 rings (SSSR count). The quantitative estimate of drug-likeness (QED) is 0.642. The van der Waals surface area contributed by atoms with Gasteiger partial charge < -0.3 is 4.74 Å². The zero-order valence-corrected chi connectivity index (χ0v) is 11.0. The third-order valence-electron chi connectivity index (χ3n) is 3.56. The predicted molar refractivity (Wildman–Crippen MR) is 69.5 cm³/mol. The number of nitrogens with two attached hydrogens (primary N) is 1. The van der Waals surface area contributed by atoms with Crippen molar-refractivity contribution >= 4 is 0 Å². The summed E-state index contributed by atoms with van der Waals surface area (Å²) in [6, 6.07) is 3.26. The molecule has 100 valence electrons. The summed E-state index contributed by atoms with van der Waals surface area (Å²) in [7, 11) is 0. The first-order valence-corrected chi connectivity index (χ1v) is 6.48. The number of nitrogens with one attached hydrogen (secondary N) is 1. The van der Waals surface area contributed by atoms with Crippen LogP contribution in [0.1, 0.15) is 42.0 Å². The van der Waals surface area contributed by atoms with Crippen molar-refractivity contribution in [2.75, 3.05) is 6.61 Å². The molecule has 4 heteroatoms. The van der Waals surface area contributed by atoms with Crippen molar-refractivity contribution in [2.45, 2.75) is 45.3 Å². The fourth-order valence-electron chi connectivity index (χ4n) is 2.73. The van der Waals surface area contributed by atoms with Crippen molar-refractivity contribution in [1.82, 2.24) is 5.43 Å². The highest BCUT2D eigenvalue weighted by Crippen LogP contribution is 2.30. The van der Waals surface area contributed by atoms with Crippen LogP contribution in [0.3, 0.4) is 0 Å². The van der Waals surface area contributed by atoms with Crippen LogP contribution in [0.2, 0.25) is 0 Å². The molecule has 3 nitrogen and oxygen atoms in total. The fraction of sp³-hybridized carbons (Fsp3) is 0.571. The fourth-order valence-corrected chi connectivity index (χ4v) is 2.73. The number of hydrazine groups is 1. The van der Waals surface area contributed by atoms with Gasteiger partial charge in [0.05, 0.1) is 12.1 Å². The molecule has 2 unspecified atom stereocenters. The minimum absolute atomic E-state index is 0.0420. The minimum atomic E-state index is -0.272. The first-order valence-electron chi connectivity index (χ1n) is 6.48. The Morgan fingerprint density at radius 2 is 2.17 bits per heavy atom. The average molecular weight is 252 g/mol. The van der Waals surface area contributed by atoms with Crippen LogP contribution >= 0.6 is 0 Å². The van der Waals surface area contributed by atoms with Gasteiger partial charge in [0, 0.05) is 12.2 Å². The molecule has 1 aliphatic rings. The largest absolute Gasteiger partial charge is 0.376 e. The van der Waals surface area contributed by atoms with Crippen molar-refractivity contribution in [3.63, 3.8) is 0 Å². The van der Waals surface area contributed by atoms with Gasteiger partial charge in [0.25, 0.3) is 0 Å². The third-order valence-corrected chi connectivity index (χ3v) is 3.56. The van der Waals surface area contributed by atoms with Crippen LogP contribution in [-0.4, -0.2) is 12.7 Å². The molecular formula is C14H21FN2O. The van der Waals surface area contributed by atoms with E-state index in [0.29, 0.717) is 5.56 Å². The zero-order valence-electron chi connectivity index (χ0n) is 11.0. The molecule has 1 fully saturated rings. The molecule has 0 radical (unpaired) electrons. The van der Waals surface area contributed by atoms with Gasteiger partial charge in [0.2, 0.25) is 0 Å². The molecule has 1 aliphatic heterocycles. The van der Waals surface area contributed by atoms with Crippen LogP contribution in [0.25, 0.3) is 0 Å². The molecule has 1 saturated heterocycles. The van der Waals surface area contributed by atoms with Gasteiger partial charge >= 0.3 is 0 Å². The smallest absolute Gasteiger partial charge is 0.128 e. The van der Waals surface area contributed by atoms with Crippen molar-refractivity contribution < 1.29 is 9.13 Å². The molecule has 18 heavy (non-hydrogen) atoms. The lowest BCUT2D eigenvalue weighted by Gasteiger charge is -2.31. The van der Waals surface area contributed by atoms with E-state index >= 15 is 0 Å². The molecule has 0 aliphatic carbocycles. The summed E-state index contributed by atoms with van der Waals surface area (Å²) in [5.74, 6) is 5.41. The van der Waals surface area contributed by atoms with E-state index in [4.69, 9.17) is 10.6 Å². The zero-order chi connectivity index (χ0) is 13.1. The van der Waals surface area contributed by atoms with E-state index in [2.05, 4.69) is 5.43 Å². The monoisotopic (exact) mass is 252 g/mol.